The highest BCUT2D eigenvalue weighted by Crippen LogP contribution is 2.32. The van der Waals surface area contributed by atoms with Crippen LogP contribution in [0.2, 0.25) is 0 Å². The molecule has 1 aromatic carbocycles. The molecule has 1 N–H and O–H groups in total. The van der Waals surface area contributed by atoms with Crippen molar-refractivity contribution in [3.8, 4) is 0 Å². The van der Waals surface area contributed by atoms with Crippen molar-refractivity contribution in [1.29, 1.82) is 0 Å². The molecule has 0 radical (unpaired) electrons. The summed E-state index contributed by atoms with van der Waals surface area (Å²) in [5, 5.41) is 4.93. The van der Waals surface area contributed by atoms with Crippen LogP contribution in [0.4, 0.5) is 0 Å². The molecular weight excluding hydrogens is 276 g/mol. The molecule has 3 heteroatoms. The Morgan fingerprint density at radius 2 is 1.86 bits per heavy atom. The third-order valence-electron chi connectivity index (χ3n) is 4.29. The van der Waals surface area contributed by atoms with E-state index in [1.807, 2.05) is 11.3 Å². The van der Waals surface area contributed by atoms with E-state index in [-0.39, 0.29) is 0 Å². The minimum absolute atomic E-state index is 0.677. The lowest BCUT2D eigenvalue weighted by Crippen LogP contribution is -2.30. The van der Waals surface area contributed by atoms with Gasteiger partial charge in [-0.25, -0.2) is 0 Å². The van der Waals surface area contributed by atoms with Crippen LogP contribution in [0.3, 0.4) is 0 Å². The van der Waals surface area contributed by atoms with Crippen LogP contribution in [0.5, 0.6) is 0 Å². The molecular formula is C18H28N2S. The first-order chi connectivity index (χ1) is 10.2. The van der Waals surface area contributed by atoms with Crippen LogP contribution in [-0.2, 0) is 13.1 Å². The summed E-state index contributed by atoms with van der Waals surface area (Å²) >= 11 is 1.94. The highest BCUT2D eigenvalue weighted by molar-refractivity contribution is 7.19. The van der Waals surface area contributed by atoms with Crippen molar-refractivity contribution in [3.63, 3.8) is 0 Å². The van der Waals surface area contributed by atoms with Gasteiger partial charge in [-0.1, -0.05) is 39.0 Å². The molecule has 2 aromatic rings. The SMILES string of the molecule is CCNCc1sc2ccccc2c1CN(C)C(CC)CC. The maximum absolute atomic E-state index is 3.49. The molecule has 1 heterocycles. The Morgan fingerprint density at radius 1 is 1.14 bits per heavy atom. The summed E-state index contributed by atoms with van der Waals surface area (Å²) in [6, 6.07) is 9.50. The summed E-state index contributed by atoms with van der Waals surface area (Å²) in [5.41, 5.74) is 1.52. The lowest BCUT2D eigenvalue weighted by Gasteiger charge is -2.26. The van der Waals surface area contributed by atoms with E-state index < -0.39 is 0 Å². The van der Waals surface area contributed by atoms with Gasteiger partial charge in [0.25, 0.3) is 0 Å². The van der Waals surface area contributed by atoms with Crippen molar-refractivity contribution in [2.45, 2.75) is 52.7 Å². The maximum atomic E-state index is 3.49. The van der Waals surface area contributed by atoms with Crippen LogP contribution < -0.4 is 5.32 Å². The van der Waals surface area contributed by atoms with E-state index >= 15 is 0 Å². The van der Waals surface area contributed by atoms with Crippen LogP contribution in [0.25, 0.3) is 10.1 Å². The molecule has 0 amide bonds. The first-order valence-electron chi connectivity index (χ1n) is 8.11. The molecule has 0 saturated heterocycles. The minimum Gasteiger partial charge on any atom is -0.312 e. The lowest BCUT2D eigenvalue weighted by atomic mass is 10.1. The van der Waals surface area contributed by atoms with E-state index in [4.69, 9.17) is 0 Å². The number of benzene rings is 1. The molecule has 1 aromatic heterocycles. The van der Waals surface area contributed by atoms with Gasteiger partial charge in [0.1, 0.15) is 0 Å². The van der Waals surface area contributed by atoms with Crippen molar-refractivity contribution in [1.82, 2.24) is 10.2 Å². The largest absolute Gasteiger partial charge is 0.312 e. The second-order valence-electron chi connectivity index (χ2n) is 5.67. The van der Waals surface area contributed by atoms with Gasteiger partial charge in [0.05, 0.1) is 0 Å². The molecule has 0 bridgehead atoms. The summed E-state index contributed by atoms with van der Waals surface area (Å²) < 4.78 is 1.42. The molecule has 0 atom stereocenters. The average Bonchev–Trinajstić information content (AvgIpc) is 2.84. The van der Waals surface area contributed by atoms with E-state index in [0.717, 1.165) is 19.6 Å². The number of thiophene rings is 1. The molecule has 2 rings (SSSR count). The van der Waals surface area contributed by atoms with E-state index in [2.05, 4.69) is 62.3 Å². The second kappa shape index (κ2) is 7.92. The molecule has 2 nitrogen and oxygen atoms in total. The van der Waals surface area contributed by atoms with Gasteiger partial charge in [0.2, 0.25) is 0 Å². The van der Waals surface area contributed by atoms with Crippen LogP contribution in [-0.4, -0.2) is 24.5 Å². The fourth-order valence-corrected chi connectivity index (χ4v) is 4.18. The summed E-state index contributed by atoms with van der Waals surface area (Å²) in [4.78, 5) is 4.01. The highest BCUT2D eigenvalue weighted by atomic mass is 32.1. The number of nitrogens with zero attached hydrogens (tertiary/aromatic N) is 1. The standard InChI is InChI=1S/C18H28N2S/c1-5-14(6-2)20(4)13-16-15-10-8-9-11-17(15)21-18(16)12-19-7-3/h8-11,14,19H,5-7,12-13H2,1-4H3. The predicted molar refractivity (Wildman–Crippen MR) is 95.0 cm³/mol. The highest BCUT2D eigenvalue weighted by Gasteiger charge is 2.16. The fourth-order valence-electron chi connectivity index (χ4n) is 2.99. The zero-order valence-corrected chi connectivity index (χ0v) is 14.6. The Kier molecular flexibility index (Phi) is 6.22. The van der Waals surface area contributed by atoms with Crippen LogP contribution >= 0.6 is 11.3 Å². The molecule has 0 aliphatic carbocycles. The number of hydrogen-bond donors (Lipinski definition) is 1. The van der Waals surface area contributed by atoms with Gasteiger partial charge in [0.15, 0.2) is 0 Å². The molecule has 0 saturated carbocycles. The quantitative estimate of drug-likeness (QED) is 0.765. The molecule has 0 aliphatic rings. The Labute approximate surface area is 133 Å². The minimum atomic E-state index is 0.677. The van der Waals surface area contributed by atoms with Gasteiger partial charge >= 0.3 is 0 Å². The van der Waals surface area contributed by atoms with Gasteiger partial charge in [-0.15, -0.1) is 11.3 Å². The summed E-state index contributed by atoms with van der Waals surface area (Å²) in [7, 11) is 2.27. The van der Waals surface area contributed by atoms with E-state index in [1.165, 1.54) is 33.4 Å². The van der Waals surface area contributed by atoms with E-state index in [1.54, 1.807) is 0 Å². The molecule has 0 aliphatic heterocycles. The van der Waals surface area contributed by atoms with Gasteiger partial charge in [-0.2, -0.15) is 0 Å². The smallest absolute Gasteiger partial charge is 0.0349 e. The predicted octanol–water partition coefficient (Wildman–Crippen LogP) is 4.63. The van der Waals surface area contributed by atoms with Gasteiger partial charge in [-0.05, 0) is 43.5 Å². The number of hydrogen-bond acceptors (Lipinski definition) is 3. The molecule has 21 heavy (non-hydrogen) atoms. The van der Waals surface area contributed by atoms with Crippen LogP contribution in [0.1, 0.15) is 44.1 Å². The van der Waals surface area contributed by atoms with Crippen molar-refractivity contribution in [2.24, 2.45) is 0 Å². The Bertz CT molecular complexity index is 557. The number of rotatable bonds is 8. The van der Waals surface area contributed by atoms with Gasteiger partial charge in [0, 0.05) is 28.7 Å². The Balaban J connectivity index is 2.30. The lowest BCUT2D eigenvalue weighted by molar-refractivity contribution is 0.222. The topological polar surface area (TPSA) is 15.3 Å². The Morgan fingerprint density at radius 3 is 2.52 bits per heavy atom. The molecule has 0 spiro atoms. The average molecular weight is 305 g/mol. The normalized spacial score (nSPS) is 11.9. The Hall–Kier alpha value is -0.900. The third kappa shape index (κ3) is 3.85. The van der Waals surface area contributed by atoms with Gasteiger partial charge in [-0.3, -0.25) is 4.90 Å². The monoisotopic (exact) mass is 304 g/mol. The second-order valence-corrected chi connectivity index (χ2v) is 6.80. The fraction of sp³-hybridized carbons (Fsp3) is 0.556. The first kappa shape index (κ1) is 16.5. The molecule has 0 fully saturated rings. The number of nitrogens with one attached hydrogen (secondary N) is 1. The number of fused-ring (bicyclic) bond motifs is 1. The van der Waals surface area contributed by atoms with Crippen molar-refractivity contribution < 1.29 is 0 Å². The first-order valence-corrected chi connectivity index (χ1v) is 8.93. The summed E-state index contributed by atoms with van der Waals surface area (Å²) in [6.45, 7) is 9.81. The third-order valence-corrected chi connectivity index (χ3v) is 5.50. The zero-order valence-electron chi connectivity index (χ0n) is 13.8. The van der Waals surface area contributed by atoms with Crippen molar-refractivity contribution in [2.75, 3.05) is 13.6 Å². The van der Waals surface area contributed by atoms with Crippen molar-refractivity contribution >= 4 is 21.4 Å². The molecule has 0 unspecified atom stereocenters. The van der Waals surface area contributed by atoms with E-state index in [0.29, 0.717) is 6.04 Å². The van der Waals surface area contributed by atoms with Crippen LogP contribution in [0.15, 0.2) is 24.3 Å². The van der Waals surface area contributed by atoms with Crippen LogP contribution in [0, 0.1) is 0 Å². The zero-order chi connectivity index (χ0) is 15.2. The summed E-state index contributed by atoms with van der Waals surface area (Å²) in [6.07, 6.45) is 2.44. The van der Waals surface area contributed by atoms with Crippen molar-refractivity contribution in [3.05, 3.63) is 34.7 Å². The molecule has 116 valence electrons. The van der Waals surface area contributed by atoms with E-state index in [9.17, 15) is 0 Å². The summed E-state index contributed by atoms with van der Waals surface area (Å²) in [5.74, 6) is 0. The maximum Gasteiger partial charge on any atom is 0.0349 e. The van der Waals surface area contributed by atoms with Gasteiger partial charge < -0.3 is 5.32 Å².